The second-order valence-corrected chi connectivity index (χ2v) is 8.14. The van der Waals surface area contributed by atoms with Crippen molar-refractivity contribution in [2.75, 3.05) is 19.9 Å². The molecular weight excluding hydrogens is 532 g/mol. The van der Waals surface area contributed by atoms with E-state index < -0.39 is 24.3 Å². The van der Waals surface area contributed by atoms with Crippen LogP contribution in [0, 0.1) is 6.92 Å². The van der Waals surface area contributed by atoms with Crippen LogP contribution in [0.4, 0.5) is 26.3 Å². The van der Waals surface area contributed by atoms with E-state index >= 15 is 0 Å². The second kappa shape index (κ2) is 12.8. The lowest BCUT2D eigenvalue weighted by Crippen LogP contribution is -2.34. The first-order valence-corrected chi connectivity index (χ1v) is 10.9. The van der Waals surface area contributed by atoms with Gasteiger partial charge >= 0.3 is 24.3 Å². The molecule has 4 N–H and O–H groups in total. The standard InChI is InChI=1S/C17H23N5O2.2C2HF3O2/c1-12-6-16-17(24-11-23-16)7-13(12)9-21-4-2-15(3-5-21)22-10-14(8-18)19-20-22;2*3-2(4,5)1(6)7/h6-7,10,15H,2-5,8-9,11,18H2,1H3;2*(H,6,7). The number of carbonyl (C=O) groups is 2. The third-order valence-electron chi connectivity index (χ3n) is 5.41. The van der Waals surface area contributed by atoms with Gasteiger partial charge in [0.05, 0.1) is 17.9 Å². The number of rotatable bonds is 4. The van der Waals surface area contributed by atoms with Crippen LogP contribution in [0.1, 0.15) is 35.7 Å². The molecule has 0 saturated carbocycles. The van der Waals surface area contributed by atoms with Crippen LogP contribution in [0.15, 0.2) is 18.3 Å². The van der Waals surface area contributed by atoms with Gasteiger partial charge in [0.15, 0.2) is 11.5 Å². The molecule has 1 fully saturated rings. The Kier molecular flexibility index (Phi) is 10.3. The summed E-state index contributed by atoms with van der Waals surface area (Å²) in [6, 6.07) is 4.62. The van der Waals surface area contributed by atoms with Crippen LogP contribution in [0.3, 0.4) is 0 Å². The number of carboxylic acids is 2. The van der Waals surface area contributed by atoms with Crippen LogP contribution in [-0.4, -0.2) is 74.3 Å². The maximum Gasteiger partial charge on any atom is 0.490 e. The number of ether oxygens (including phenoxy) is 2. The molecule has 212 valence electrons. The van der Waals surface area contributed by atoms with Gasteiger partial charge in [-0.05, 0) is 43.0 Å². The van der Waals surface area contributed by atoms with Crippen LogP contribution >= 0.6 is 0 Å². The Morgan fingerprint density at radius 2 is 1.53 bits per heavy atom. The largest absolute Gasteiger partial charge is 0.490 e. The van der Waals surface area contributed by atoms with Gasteiger partial charge in [-0.1, -0.05) is 5.21 Å². The number of nitrogens with two attached hydrogens (primary N) is 1. The summed E-state index contributed by atoms with van der Waals surface area (Å²) in [6.07, 6.45) is -6.03. The average molecular weight is 557 g/mol. The van der Waals surface area contributed by atoms with E-state index in [-0.39, 0.29) is 0 Å². The van der Waals surface area contributed by atoms with E-state index in [1.165, 1.54) is 11.1 Å². The number of nitrogens with zero attached hydrogens (tertiary/aromatic N) is 4. The number of fused-ring (bicyclic) bond motifs is 1. The summed E-state index contributed by atoms with van der Waals surface area (Å²) in [4.78, 5) is 20.3. The molecule has 1 aromatic carbocycles. The highest BCUT2D eigenvalue weighted by Gasteiger charge is 2.38. The summed E-state index contributed by atoms with van der Waals surface area (Å²) in [5.74, 6) is -3.79. The number of carboxylic acid groups (broad SMARTS) is 2. The van der Waals surface area contributed by atoms with Crippen molar-refractivity contribution in [1.29, 1.82) is 0 Å². The van der Waals surface area contributed by atoms with Crippen LogP contribution in [0.2, 0.25) is 0 Å². The Labute approximate surface area is 211 Å². The quantitative estimate of drug-likeness (QED) is 0.479. The lowest BCUT2D eigenvalue weighted by molar-refractivity contribution is -0.193. The lowest BCUT2D eigenvalue weighted by atomic mass is 10.0. The van der Waals surface area contributed by atoms with Gasteiger partial charge in [0, 0.05) is 26.2 Å². The molecule has 0 bridgehead atoms. The monoisotopic (exact) mass is 557 g/mol. The summed E-state index contributed by atoms with van der Waals surface area (Å²) in [6.45, 7) is 5.95. The molecule has 0 amide bonds. The molecule has 0 radical (unpaired) electrons. The molecule has 2 aliphatic heterocycles. The van der Waals surface area contributed by atoms with Gasteiger partial charge in [0.1, 0.15) is 0 Å². The Balaban J connectivity index is 0.000000301. The van der Waals surface area contributed by atoms with Crippen molar-refractivity contribution in [3.8, 4) is 11.5 Å². The molecule has 17 heteroatoms. The van der Waals surface area contributed by atoms with Crippen LogP contribution in [0.5, 0.6) is 11.5 Å². The molecule has 2 aromatic rings. The van der Waals surface area contributed by atoms with Crippen molar-refractivity contribution >= 4 is 11.9 Å². The Morgan fingerprint density at radius 3 is 1.97 bits per heavy atom. The lowest BCUT2D eigenvalue weighted by Gasteiger charge is -2.32. The average Bonchev–Trinajstić information content (AvgIpc) is 3.49. The van der Waals surface area contributed by atoms with E-state index in [4.69, 9.17) is 35.0 Å². The van der Waals surface area contributed by atoms with Gasteiger partial charge in [-0.2, -0.15) is 26.3 Å². The molecule has 1 aromatic heterocycles. The predicted molar refractivity (Wildman–Crippen MR) is 116 cm³/mol. The highest BCUT2D eigenvalue weighted by Crippen LogP contribution is 2.35. The third kappa shape index (κ3) is 9.05. The van der Waals surface area contributed by atoms with Crippen LogP contribution < -0.4 is 15.2 Å². The van der Waals surface area contributed by atoms with Gasteiger partial charge in [-0.25, -0.2) is 14.3 Å². The van der Waals surface area contributed by atoms with Gasteiger partial charge in [-0.15, -0.1) is 5.10 Å². The smallest absolute Gasteiger partial charge is 0.475 e. The summed E-state index contributed by atoms with van der Waals surface area (Å²) in [7, 11) is 0. The number of alkyl halides is 6. The molecule has 3 heterocycles. The Bertz CT molecular complexity index is 1080. The van der Waals surface area contributed by atoms with E-state index in [9.17, 15) is 26.3 Å². The fourth-order valence-electron chi connectivity index (χ4n) is 3.42. The first-order valence-electron chi connectivity index (χ1n) is 10.9. The summed E-state index contributed by atoms with van der Waals surface area (Å²) < 4.78 is 76.4. The van der Waals surface area contributed by atoms with E-state index in [2.05, 4.69) is 34.3 Å². The fourth-order valence-corrected chi connectivity index (χ4v) is 3.42. The molecule has 1 saturated heterocycles. The third-order valence-corrected chi connectivity index (χ3v) is 5.41. The molecule has 11 nitrogen and oxygen atoms in total. The van der Waals surface area contributed by atoms with Gasteiger partial charge < -0.3 is 25.4 Å². The number of aromatic nitrogens is 3. The highest BCUT2D eigenvalue weighted by molar-refractivity contribution is 5.73. The zero-order valence-corrected chi connectivity index (χ0v) is 19.9. The van der Waals surface area contributed by atoms with Crippen molar-refractivity contribution in [2.24, 2.45) is 5.73 Å². The number of hydrogen-bond donors (Lipinski definition) is 3. The van der Waals surface area contributed by atoms with E-state index in [0.29, 0.717) is 19.4 Å². The summed E-state index contributed by atoms with van der Waals surface area (Å²) in [5.41, 5.74) is 9.03. The van der Waals surface area contributed by atoms with Gasteiger partial charge in [0.25, 0.3) is 0 Å². The molecule has 0 aliphatic carbocycles. The number of benzene rings is 1. The van der Waals surface area contributed by atoms with Crippen molar-refractivity contribution in [1.82, 2.24) is 19.9 Å². The zero-order chi connectivity index (χ0) is 28.7. The van der Waals surface area contributed by atoms with Crippen molar-refractivity contribution in [3.05, 3.63) is 35.2 Å². The summed E-state index contributed by atoms with van der Waals surface area (Å²) in [5, 5.41) is 22.6. The van der Waals surface area contributed by atoms with Gasteiger partial charge in [-0.3, -0.25) is 4.90 Å². The molecule has 0 unspecified atom stereocenters. The zero-order valence-electron chi connectivity index (χ0n) is 19.9. The first-order chi connectivity index (χ1) is 17.6. The number of piperidine rings is 1. The highest BCUT2D eigenvalue weighted by atomic mass is 19.4. The second-order valence-electron chi connectivity index (χ2n) is 8.14. The van der Waals surface area contributed by atoms with Crippen molar-refractivity contribution < 1.29 is 55.6 Å². The van der Waals surface area contributed by atoms with Crippen molar-refractivity contribution in [2.45, 2.75) is 51.2 Å². The fraction of sp³-hybridized carbons (Fsp3) is 0.524. The van der Waals surface area contributed by atoms with E-state index in [1.54, 1.807) is 0 Å². The van der Waals surface area contributed by atoms with Crippen molar-refractivity contribution in [3.63, 3.8) is 0 Å². The Morgan fingerprint density at radius 1 is 1.03 bits per heavy atom. The van der Waals surface area contributed by atoms with Gasteiger partial charge in [0.2, 0.25) is 6.79 Å². The normalized spacial score (nSPS) is 15.7. The molecule has 2 aliphatic rings. The minimum Gasteiger partial charge on any atom is -0.475 e. The Hall–Kier alpha value is -3.60. The number of likely N-dealkylation sites (tertiary alicyclic amines) is 1. The molecule has 0 atom stereocenters. The molecule has 4 rings (SSSR count). The molecular formula is C21H25F6N5O6. The minimum absolute atomic E-state index is 0.326. The van der Waals surface area contributed by atoms with E-state index in [0.717, 1.165) is 49.7 Å². The SMILES string of the molecule is Cc1cc2c(cc1CN1CCC(n3cc(CN)nn3)CC1)OCO2.O=C(O)C(F)(F)F.O=C(O)C(F)(F)F. The van der Waals surface area contributed by atoms with E-state index in [1.807, 2.05) is 10.9 Å². The number of hydrogen-bond acceptors (Lipinski definition) is 8. The number of aliphatic carboxylic acids is 2. The minimum atomic E-state index is -5.08. The topological polar surface area (TPSA) is 153 Å². The molecule has 0 spiro atoms. The number of halogens is 6. The summed E-state index contributed by atoms with van der Waals surface area (Å²) >= 11 is 0. The van der Waals surface area contributed by atoms with Crippen LogP contribution in [0.25, 0.3) is 0 Å². The number of aryl methyl sites for hydroxylation is 1. The predicted octanol–water partition coefficient (Wildman–Crippen LogP) is 2.88. The molecule has 38 heavy (non-hydrogen) atoms. The maximum absolute atomic E-state index is 10.6. The van der Waals surface area contributed by atoms with Crippen LogP contribution in [-0.2, 0) is 22.7 Å². The maximum atomic E-state index is 10.6. The first kappa shape index (κ1) is 30.6.